The molecule has 8 nitrogen and oxygen atoms in total. The molecular formula is C28H40ClN3O5S. The fourth-order valence-electron chi connectivity index (χ4n) is 4.16. The number of anilines is 1. The molecule has 1 N–H and O–H groups in total. The molecule has 0 radical (unpaired) electrons. The summed E-state index contributed by atoms with van der Waals surface area (Å²) in [6, 6.07) is 11.8. The summed E-state index contributed by atoms with van der Waals surface area (Å²) in [6.45, 7) is 7.93. The Labute approximate surface area is 232 Å². The predicted molar refractivity (Wildman–Crippen MR) is 153 cm³/mol. The Bertz CT molecular complexity index is 1200. The first-order chi connectivity index (χ1) is 17.9. The van der Waals surface area contributed by atoms with Gasteiger partial charge in [0.25, 0.3) is 0 Å². The van der Waals surface area contributed by atoms with Crippen LogP contribution in [0.3, 0.4) is 0 Å². The van der Waals surface area contributed by atoms with Crippen LogP contribution in [-0.4, -0.2) is 57.1 Å². The van der Waals surface area contributed by atoms with Gasteiger partial charge in [-0.25, -0.2) is 8.42 Å². The Morgan fingerprint density at radius 2 is 1.82 bits per heavy atom. The number of hydrogen-bond donors (Lipinski definition) is 1. The largest absolute Gasteiger partial charge is 0.497 e. The van der Waals surface area contributed by atoms with E-state index in [2.05, 4.69) is 5.32 Å². The number of sulfonamides is 1. The standard InChI is InChI=1S/C28H40ClN3O5S/c1-7-21(4)30-28(34)25(8-2)31(19-22-11-9-12-24(17-22)37-5)27(33)13-10-16-32(38(6,35)36)26-18-23(29)15-14-20(26)3/h9,11-12,14-15,17-18,21,25H,7-8,10,13,16,19H2,1-6H3,(H,30,34)/t21-,25+/m1/s1. The lowest BCUT2D eigenvalue weighted by atomic mass is 10.1. The van der Waals surface area contributed by atoms with Gasteiger partial charge in [-0.3, -0.25) is 13.9 Å². The van der Waals surface area contributed by atoms with E-state index >= 15 is 0 Å². The molecule has 0 spiro atoms. The molecule has 0 bridgehead atoms. The van der Waals surface area contributed by atoms with Crippen molar-refractivity contribution in [3.63, 3.8) is 0 Å². The summed E-state index contributed by atoms with van der Waals surface area (Å²) in [7, 11) is -2.04. The summed E-state index contributed by atoms with van der Waals surface area (Å²) in [5, 5.41) is 3.42. The maximum Gasteiger partial charge on any atom is 0.243 e. The van der Waals surface area contributed by atoms with E-state index < -0.39 is 16.1 Å². The van der Waals surface area contributed by atoms with Crippen molar-refractivity contribution in [1.82, 2.24) is 10.2 Å². The molecule has 0 saturated heterocycles. The zero-order chi connectivity index (χ0) is 28.5. The molecular weight excluding hydrogens is 526 g/mol. The van der Waals surface area contributed by atoms with E-state index in [9.17, 15) is 18.0 Å². The fraction of sp³-hybridized carbons (Fsp3) is 0.500. The number of hydrogen-bond acceptors (Lipinski definition) is 5. The second-order valence-electron chi connectivity index (χ2n) is 9.48. The molecule has 2 aromatic rings. The number of aryl methyl sites for hydroxylation is 1. The van der Waals surface area contributed by atoms with Gasteiger partial charge in [0, 0.05) is 30.6 Å². The minimum Gasteiger partial charge on any atom is -0.497 e. The van der Waals surface area contributed by atoms with Crippen molar-refractivity contribution in [2.24, 2.45) is 0 Å². The highest BCUT2D eigenvalue weighted by Gasteiger charge is 2.29. The fourth-order valence-corrected chi connectivity index (χ4v) is 5.34. The number of carbonyl (C=O) groups excluding carboxylic acids is 2. The summed E-state index contributed by atoms with van der Waals surface area (Å²) in [5.74, 6) is 0.230. The molecule has 0 unspecified atom stereocenters. The zero-order valence-corrected chi connectivity index (χ0v) is 24.7. The van der Waals surface area contributed by atoms with Crippen LogP contribution in [0.2, 0.25) is 5.02 Å². The van der Waals surface area contributed by atoms with Gasteiger partial charge in [-0.2, -0.15) is 0 Å². The molecule has 2 aromatic carbocycles. The third-order valence-corrected chi connectivity index (χ3v) is 7.88. The first-order valence-electron chi connectivity index (χ1n) is 12.9. The van der Waals surface area contributed by atoms with E-state index in [0.29, 0.717) is 22.9 Å². The molecule has 0 aromatic heterocycles. The van der Waals surface area contributed by atoms with Crippen LogP contribution in [0.25, 0.3) is 0 Å². The van der Waals surface area contributed by atoms with Crippen LogP contribution in [0.5, 0.6) is 5.75 Å². The molecule has 0 aliphatic heterocycles. The van der Waals surface area contributed by atoms with Crippen LogP contribution in [0, 0.1) is 6.92 Å². The lowest BCUT2D eigenvalue weighted by Crippen LogP contribution is -2.50. The van der Waals surface area contributed by atoms with Gasteiger partial charge in [0.1, 0.15) is 11.8 Å². The summed E-state index contributed by atoms with van der Waals surface area (Å²) in [5.41, 5.74) is 2.08. The highest BCUT2D eigenvalue weighted by Crippen LogP contribution is 2.27. The molecule has 38 heavy (non-hydrogen) atoms. The van der Waals surface area contributed by atoms with Gasteiger partial charge in [0.05, 0.1) is 19.1 Å². The van der Waals surface area contributed by atoms with Crippen LogP contribution in [0.4, 0.5) is 5.69 Å². The Morgan fingerprint density at radius 1 is 1.11 bits per heavy atom. The average molecular weight is 566 g/mol. The lowest BCUT2D eigenvalue weighted by molar-refractivity contribution is -0.141. The molecule has 0 saturated carbocycles. The number of nitrogens with one attached hydrogen (secondary N) is 1. The first kappa shape index (κ1) is 31.4. The van der Waals surface area contributed by atoms with Gasteiger partial charge in [-0.1, -0.05) is 43.6 Å². The van der Waals surface area contributed by atoms with Crippen molar-refractivity contribution in [2.75, 3.05) is 24.2 Å². The summed E-state index contributed by atoms with van der Waals surface area (Å²) in [4.78, 5) is 28.3. The van der Waals surface area contributed by atoms with Crippen molar-refractivity contribution >= 4 is 39.1 Å². The molecule has 0 fully saturated rings. The quantitative estimate of drug-likeness (QED) is 0.350. The second-order valence-corrected chi connectivity index (χ2v) is 11.8. The van der Waals surface area contributed by atoms with Crippen LogP contribution in [0.15, 0.2) is 42.5 Å². The zero-order valence-electron chi connectivity index (χ0n) is 23.2. The van der Waals surface area contributed by atoms with Crippen LogP contribution in [-0.2, 0) is 26.2 Å². The summed E-state index contributed by atoms with van der Waals surface area (Å²) < 4.78 is 31.8. The Balaban J connectivity index is 2.28. The topological polar surface area (TPSA) is 96.0 Å². The number of methoxy groups -OCH3 is 1. The van der Waals surface area contributed by atoms with Crippen LogP contribution in [0.1, 0.15) is 57.6 Å². The number of nitrogens with zero attached hydrogens (tertiary/aromatic N) is 2. The number of rotatable bonds is 14. The molecule has 10 heteroatoms. The normalized spacial score (nSPS) is 12.9. The van der Waals surface area contributed by atoms with Gasteiger partial charge in [-0.05, 0) is 68.5 Å². The minimum atomic E-state index is -3.61. The summed E-state index contributed by atoms with van der Waals surface area (Å²) >= 11 is 6.13. The maximum atomic E-state index is 13.6. The third kappa shape index (κ3) is 8.91. The summed E-state index contributed by atoms with van der Waals surface area (Å²) in [6.07, 6.45) is 2.70. The van der Waals surface area contributed by atoms with Gasteiger partial charge in [0.15, 0.2) is 0 Å². The molecule has 2 rings (SSSR count). The molecule has 2 amide bonds. The third-order valence-electron chi connectivity index (χ3n) is 6.47. The van der Waals surface area contributed by atoms with Crippen LogP contribution < -0.4 is 14.4 Å². The first-order valence-corrected chi connectivity index (χ1v) is 15.1. The average Bonchev–Trinajstić information content (AvgIpc) is 2.87. The monoisotopic (exact) mass is 565 g/mol. The van der Waals surface area contributed by atoms with Gasteiger partial charge < -0.3 is 15.0 Å². The molecule has 210 valence electrons. The number of amides is 2. The number of benzene rings is 2. The molecule has 0 aliphatic rings. The van der Waals surface area contributed by atoms with E-state index in [4.69, 9.17) is 16.3 Å². The van der Waals surface area contributed by atoms with Gasteiger partial charge in [-0.15, -0.1) is 0 Å². The van der Waals surface area contributed by atoms with Crippen LogP contribution >= 0.6 is 11.6 Å². The maximum absolute atomic E-state index is 13.6. The number of carbonyl (C=O) groups is 2. The minimum absolute atomic E-state index is 0.0189. The van der Waals surface area contributed by atoms with E-state index in [-0.39, 0.29) is 43.8 Å². The molecule has 0 aliphatic carbocycles. The van der Waals surface area contributed by atoms with Gasteiger partial charge >= 0.3 is 0 Å². The second kappa shape index (κ2) is 14.4. The van der Waals surface area contributed by atoms with E-state index in [0.717, 1.165) is 23.8 Å². The molecule has 0 heterocycles. The van der Waals surface area contributed by atoms with Crippen molar-refractivity contribution in [3.8, 4) is 5.75 Å². The number of halogens is 1. The molecule has 2 atom stereocenters. The highest BCUT2D eigenvalue weighted by atomic mass is 35.5. The SMILES string of the molecule is CC[C@@H](C)NC(=O)[C@H](CC)N(Cc1cccc(OC)c1)C(=O)CCCN(c1cc(Cl)ccc1C)S(C)(=O)=O. The number of ether oxygens (including phenoxy) is 1. The van der Waals surface area contributed by atoms with E-state index in [1.807, 2.05) is 52.0 Å². The highest BCUT2D eigenvalue weighted by molar-refractivity contribution is 7.92. The lowest BCUT2D eigenvalue weighted by Gasteiger charge is -2.32. The van der Waals surface area contributed by atoms with Crippen molar-refractivity contribution in [3.05, 3.63) is 58.6 Å². The van der Waals surface area contributed by atoms with Gasteiger partial charge in [0.2, 0.25) is 21.8 Å². The Hall–Kier alpha value is -2.78. The van der Waals surface area contributed by atoms with E-state index in [1.54, 1.807) is 30.2 Å². The predicted octanol–water partition coefficient (Wildman–Crippen LogP) is 4.93. The van der Waals surface area contributed by atoms with Crippen molar-refractivity contribution in [2.45, 2.75) is 72.0 Å². The van der Waals surface area contributed by atoms with Crippen molar-refractivity contribution < 1.29 is 22.7 Å². The Morgan fingerprint density at radius 3 is 2.42 bits per heavy atom. The van der Waals surface area contributed by atoms with Crippen molar-refractivity contribution in [1.29, 1.82) is 0 Å². The smallest absolute Gasteiger partial charge is 0.243 e. The Kier molecular flexibility index (Phi) is 11.9. The van der Waals surface area contributed by atoms with E-state index in [1.165, 1.54) is 4.31 Å².